The zero-order chi connectivity index (χ0) is 59.6. The molecule has 5 heterocycles. The van der Waals surface area contributed by atoms with E-state index in [-0.39, 0.29) is 0 Å². The van der Waals surface area contributed by atoms with Crippen molar-refractivity contribution in [3.8, 4) is 56.1 Å². The number of imidazole rings is 1. The summed E-state index contributed by atoms with van der Waals surface area (Å²) in [5.74, 6) is 0. The van der Waals surface area contributed by atoms with Gasteiger partial charge in [0.2, 0.25) is 0 Å². The van der Waals surface area contributed by atoms with E-state index in [1.54, 1.807) is 0 Å². The van der Waals surface area contributed by atoms with Gasteiger partial charge in [-0.05, 0) is 187 Å². The van der Waals surface area contributed by atoms with Crippen molar-refractivity contribution in [1.29, 1.82) is 0 Å². The summed E-state index contributed by atoms with van der Waals surface area (Å²) in [6.45, 7) is 13.8. The van der Waals surface area contributed by atoms with Gasteiger partial charge in [0.15, 0.2) is 6.33 Å². The van der Waals surface area contributed by atoms with Crippen LogP contribution in [0.25, 0.3) is 131 Å². The number of unbranched alkanes of at least 4 members (excludes halogenated alkanes) is 6. The second-order valence-corrected chi connectivity index (χ2v) is 25.6. The molecule has 0 fully saturated rings. The van der Waals surface area contributed by atoms with E-state index < -0.39 is 0 Å². The van der Waals surface area contributed by atoms with Crippen molar-refractivity contribution in [3.63, 3.8) is 0 Å². The van der Waals surface area contributed by atoms with Crippen molar-refractivity contribution < 1.29 is 0 Å². The number of hydrogen-bond acceptors (Lipinski definition) is 3. The van der Waals surface area contributed by atoms with Gasteiger partial charge in [0.05, 0.1) is 34.5 Å². The minimum atomic E-state index is 0.837. The number of nitrogens with zero attached hydrogens (tertiary/aromatic N) is 6. The average molecular weight is 1160 g/mol. The number of hydrogen-bond donors (Lipinski definition) is 0. The van der Waals surface area contributed by atoms with E-state index in [4.69, 9.17) is 9.97 Å². The van der Waals surface area contributed by atoms with Crippen LogP contribution in [0.15, 0.2) is 213 Å². The molecule has 432 valence electrons. The standard InChI is InChI=1S/C81H73N6S/c1-7-9-11-13-24-56-44-57(25-14-12-10-8-2)46-62(45-56)85-51-84(80-81(85)83-41-40-82-80)60-27-23-26-58(47-60)77-53(4)42-54(5)78(55(77)6)59-36-38-64(52(3)43-59)70-49-63(87-74-34-21-17-30-67(74)68-31-18-22-35-75(68)87)50-71-69-48-61(37-39-76(69)88-79(70)71)86-72-32-19-15-28-65(72)66-29-16-20-33-73(66)86/h15-23,26-51H,7-14,24-25H2,1-6H3/q+1. The number of aromatic nitrogens is 6. The Bertz CT molecular complexity index is 5060. The zero-order valence-corrected chi connectivity index (χ0v) is 52.2. The van der Waals surface area contributed by atoms with Gasteiger partial charge in [-0.25, -0.2) is 0 Å². The molecule has 0 atom stereocenters. The second kappa shape index (κ2) is 23.0. The van der Waals surface area contributed by atoms with Crippen LogP contribution >= 0.6 is 11.3 Å². The molecular formula is C81H73N6S+. The van der Waals surface area contributed by atoms with Crippen LogP contribution < -0.4 is 0 Å². The normalized spacial score (nSPS) is 12.0. The predicted octanol–water partition coefficient (Wildman–Crippen LogP) is 22.5. The average Bonchev–Trinajstić information content (AvgIpc) is 1.72. The molecule has 88 heavy (non-hydrogen) atoms. The van der Waals surface area contributed by atoms with E-state index in [1.807, 2.05) is 23.7 Å². The fourth-order valence-electron chi connectivity index (χ4n) is 14.7. The molecule has 15 rings (SSSR count). The number of aryl methyl sites for hydroxylation is 5. The highest BCUT2D eigenvalue weighted by molar-refractivity contribution is 7.26. The fourth-order valence-corrected chi connectivity index (χ4v) is 15.9. The zero-order valence-electron chi connectivity index (χ0n) is 51.4. The summed E-state index contributed by atoms with van der Waals surface area (Å²) < 4.78 is 12.0. The number of benzene rings is 10. The van der Waals surface area contributed by atoms with E-state index in [1.165, 1.54) is 182 Å². The maximum absolute atomic E-state index is 5.01. The lowest BCUT2D eigenvalue weighted by Gasteiger charge is -2.20. The first kappa shape index (κ1) is 55.2. The molecule has 0 saturated carbocycles. The van der Waals surface area contributed by atoms with Gasteiger partial charge < -0.3 is 9.13 Å². The van der Waals surface area contributed by atoms with Crippen molar-refractivity contribution in [2.24, 2.45) is 0 Å². The van der Waals surface area contributed by atoms with Crippen LogP contribution in [0.3, 0.4) is 0 Å². The monoisotopic (exact) mass is 1160 g/mol. The molecule has 0 aliphatic rings. The van der Waals surface area contributed by atoms with Crippen molar-refractivity contribution in [2.45, 2.75) is 106 Å². The van der Waals surface area contributed by atoms with Crippen molar-refractivity contribution >= 4 is 86.4 Å². The third kappa shape index (κ3) is 9.59. The summed E-state index contributed by atoms with van der Waals surface area (Å²) in [5.41, 5.74) is 26.3. The van der Waals surface area contributed by atoms with E-state index >= 15 is 0 Å². The molecule has 0 N–H and O–H groups in total. The molecule has 0 aliphatic carbocycles. The van der Waals surface area contributed by atoms with E-state index in [9.17, 15) is 0 Å². The molecule has 15 aromatic rings. The highest BCUT2D eigenvalue weighted by Gasteiger charge is 2.25. The summed E-state index contributed by atoms with van der Waals surface area (Å²) in [7, 11) is 0. The first-order valence-corrected chi connectivity index (χ1v) is 32.7. The molecule has 0 spiro atoms. The van der Waals surface area contributed by atoms with Crippen molar-refractivity contribution in [1.82, 2.24) is 28.2 Å². The SMILES string of the molecule is CCCCCCc1cc(CCCCCC)cc(-n2[cH+]n(-c3cccc(-c4c(C)cc(C)c(-c5ccc(-c6cc(-n7c8ccccc8c8ccccc87)cc7c6sc6ccc(-n8c9ccccc9c9ccccc98)cc67)c(C)c5)c4C)c3)c3nccnc32)c1. The van der Waals surface area contributed by atoms with Gasteiger partial charge in [-0.15, -0.1) is 11.3 Å². The van der Waals surface area contributed by atoms with Crippen LogP contribution in [0.4, 0.5) is 0 Å². The second-order valence-electron chi connectivity index (χ2n) is 24.5. The van der Waals surface area contributed by atoms with E-state index in [0.29, 0.717) is 0 Å². The summed E-state index contributed by atoms with van der Waals surface area (Å²) in [6.07, 6.45) is 18.0. The van der Waals surface area contributed by atoms with Gasteiger partial charge in [0.25, 0.3) is 11.3 Å². The highest BCUT2D eigenvalue weighted by atomic mass is 32.1. The van der Waals surface area contributed by atoms with Crippen molar-refractivity contribution in [2.75, 3.05) is 0 Å². The first-order valence-electron chi connectivity index (χ1n) is 31.9. The quantitative estimate of drug-likeness (QED) is 0.0674. The lowest BCUT2D eigenvalue weighted by atomic mass is 9.85. The lowest BCUT2D eigenvalue weighted by molar-refractivity contribution is 0.661. The fraction of sp³-hybridized carbons (Fsp3) is 0.198. The maximum Gasteiger partial charge on any atom is 0.281 e. The molecule has 6 nitrogen and oxygen atoms in total. The van der Waals surface area contributed by atoms with E-state index in [2.05, 4.69) is 260 Å². The minimum Gasteiger partial charge on any atom is -0.309 e. The van der Waals surface area contributed by atoms with Crippen LogP contribution in [-0.4, -0.2) is 28.2 Å². The lowest BCUT2D eigenvalue weighted by Crippen LogP contribution is -2.00. The molecule has 0 saturated heterocycles. The third-order valence-corrected chi connectivity index (χ3v) is 19.9. The van der Waals surface area contributed by atoms with Crippen LogP contribution in [0.1, 0.15) is 98.6 Å². The van der Waals surface area contributed by atoms with Crippen molar-refractivity contribution in [3.05, 3.63) is 246 Å². The molecule has 0 aliphatic heterocycles. The number of para-hydroxylation sites is 4. The third-order valence-electron chi connectivity index (χ3n) is 18.7. The molecule has 5 aromatic heterocycles. The van der Waals surface area contributed by atoms with Gasteiger partial charge in [-0.2, -0.15) is 19.1 Å². The smallest absolute Gasteiger partial charge is 0.281 e. The van der Waals surface area contributed by atoms with Crippen LogP contribution in [0.2, 0.25) is 0 Å². The summed E-state index contributed by atoms with van der Waals surface area (Å²) in [4.78, 5) is 10.0. The molecule has 0 amide bonds. The largest absolute Gasteiger partial charge is 0.309 e. The Labute approximate surface area is 519 Å². The van der Waals surface area contributed by atoms with Crippen LogP contribution in [-0.2, 0) is 12.8 Å². The van der Waals surface area contributed by atoms with Gasteiger partial charge >= 0.3 is 0 Å². The highest BCUT2D eigenvalue weighted by Crippen LogP contribution is 2.47. The number of rotatable bonds is 17. The summed E-state index contributed by atoms with van der Waals surface area (Å²) in [6, 6.07) is 73.2. The number of fused-ring (bicyclic) bond motifs is 10. The maximum atomic E-state index is 5.01. The molecule has 10 aromatic carbocycles. The summed E-state index contributed by atoms with van der Waals surface area (Å²) in [5, 5.41) is 7.57. The number of thiophene rings is 1. The van der Waals surface area contributed by atoms with Crippen LogP contribution in [0, 0.1) is 27.7 Å². The molecule has 0 unspecified atom stereocenters. The molecular weight excluding hydrogens is 1090 g/mol. The predicted molar refractivity (Wildman–Crippen MR) is 375 cm³/mol. The Morgan fingerprint density at radius 3 is 1.49 bits per heavy atom. The Morgan fingerprint density at radius 1 is 0.386 bits per heavy atom. The first-order chi connectivity index (χ1) is 43.2. The van der Waals surface area contributed by atoms with Crippen LogP contribution in [0.5, 0.6) is 0 Å². The van der Waals surface area contributed by atoms with Gasteiger partial charge in [-0.3, -0.25) is 0 Å². The van der Waals surface area contributed by atoms with Gasteiger partial charge in [-0.1, -0.05) is 168 Å². The Balaban J connectivity index is 0.836. The Hall–Kier alpha value is -9.43. The summed E-state index contributed by atoms with van der Waals surface area (Å²) >= 11 is 1.90. The molecule has 0 radical (unpaired) electrons. The minimum absolute atomic E-state index is 0.837. The molecule has 7 heteroatoms. The molecule has 0 bridgehead atoms. The van der Waals surface area contributed by atoms with E-state index in [0.717, 1.165) is 46.9 Å². The Morgan fingerprint density at radius 2 is 0.920 bits per heavy atom. The van der Waals surface area contributed by atoms with Gasteiger partial charge in [0.1, 0.15) is 11.4 Å². The Kier molecular flexibility index (Phi) is 14.4. The van der Waals surface area contributed by atoms with Gasteiger partial charge in [0, 0.05) is 64.7 Å². The topological polar surface area (TPSA) is 45.5 Å².